The first-order valence-electron chi connectivity index (χ1n) is 7.80. The van der Waals surface area contributed by atoms with Gasteiger partial charge in [0.1, 0.15) is 17.0 Å². The number of rotatable bonds is 3. The molecule has 0 saturated carbocycles. The smallest absolute Gasteiger partial charge is 0.140 e. The summed E-state index contributed by atoms with van der Waals surface area (Å²) >= 11 is 1.68. The van der Waals surface area contributed by atoms with Gasteiger partial charge in [-0.1, -0.05) is 0 Å². The number of thiophene rings is 1. The molecule has 6 heteroatoms. The first-order chi connectivity index (χ1) is 10.8. The molecule has 0 unspecified atom stereocenters. The predicted octanol–water partition coefficient (Wildman–Crippen LogP) is 3.29. The highest BCUT2D eigenvalue weighted by Gasteiger charge is 2.23. The van der Waals surface area contributed by atoms with Crippen LogP contribution >= 0.6 is 11.3 Å². The molecule has 0 atom stereocenters. The predicted molar refractivity (Wildman–Crippen MR) is 89.5 cm³/mol. The van der Waals surface area contributed by atoms with E-state index in [2.05, 4.69) is 44.5 Å². The van der Waals surface area contributed by atoms with Gasteiger partial charge in [-0.15, -0.1) is 11.3 Å². The second-order valence-corrected chi connectivity index (χ2v) is 6.62. The van der Waals surface area contributed by atoms with Crippen LogP contribution < -0.4 is 4.90 Å². The van der Waals surface area contributed by atoms with Gasteiger partial charge in [-0.3, -0.25) is 4.68 Å². The zero-order valence-corrected chi connectivity index (χ0v) is 13.5. The number of aromatic nitrogens is 4. The van der Waals surface area contributed by atoms with Crippen molar-refractivity contribution in [3.8, 4) is 0 Å². The van der Waals surface area contributed by atoms with E-state index in [-0.39, 0.29) is 0 Å². The van der Waals surface area contributed by atoms with Gasteiger partial charge in [-0.25, -0.2) is 9.97 Å². The minimum Gasteiger partial charge on any atom is -0.356 e. The van der Waals surface area contributed by atoms with Gasteiger partial charge in [0.15, 0.2) is 0 Å². The van der Waals surface area contributed by atoms with Crippen molar-refractivity contribution in [2.45, 2.75) is 32.2 Å². The highest BCUT2D eigenvalue weighted by Crippen LogP contribution is 2.33. The molecule has 1 fully saturated rings. The fraction of sp³-hybridized carbons (Fsp3) is 0.438. The number of anilines is 1. The van der Waals surface area contributed by atoms with Gasteiger partial charge in [-0.2, -0.15) is 5.10 Å². The third-order valence-electron chi connectivity index (χ3n) is 4.48. The molecule has 0 N–H and O–H groups in total. The van der Waals surface area contributed by atoms with Crippen LogP contribution in [0.4, 0.5) is 5.82 Å². The molecule has 0 amide bonds. The van der Waals surface area contributed by atoms with E-state index in [1.807, 2.05) is 10.9 Å². The van der Waals surface area contributed by atoms with Crippen LogP contribution in [0.15, 0.2) is 30.2 Å². The van der Waals surface area contributed by atoms with Crippen molar-refractivity contribution in [2.24, 2.45) is 0 Å². The number of hydrogen-bond acceptors (Lipinski definition) is 5. The monoisotopic (exact) mass is 313 g/mol. The van der Waals surface area contributed by atoms with Crippen molar-refractivity contribution in [1.82, 2.24) is 19.7 Å². The number of nitrogens with zero attached hydrogens (tertiary/aromatic N) is 5. The van der Waals surface area contributed by atoms with Crippen LogP contribution in [0.1, 0.15) is 31.2 Å². The Morgan fingerprint density at radius 3 is 2.91 bits per heavy atom. The molecule has 4 heterocycles. The van der Waals surface area contributed by atoms with Gasteiger partial charge in [0, 0.05) is 25.8 Å². The normalized spacial score (nSPS) is 16.5. The van der Waals surface area contributed by atoms with Gasteiger partial charge in [0.2, 0.25) is 0 Å². The summed E-state index contributed by atoms with van der Waals surface area (Å²) < 4.78 is 2.01. The van der Waals surface area contributed by atoms with E-state index in [1.54, 1.807) is 17.7 Å². The van der Waals surface area contributed by atoms with E-state index < -0.39 is 0 Å². The van der Waals surface area contributed by atoms with Crippen LogP contribution in [0.2, 0.25) is 0 Å². The summed E-state index contributed by atoms with van der Waals surface area (Å²) in [5.74, 6) is 1.71. The Morgan fingerprint density at radius 1 is 1.27 bits per heavy atom. The van der Waals surface area contributed by atoms with Crippen molar-refractivity contribution in [3.63, 3.8) is 0 Å². The van der Waals surface area contributed by atoms with Gasteiger partial charge < -0.3 is 4.90 Å². The second kappa shape index (κ2) is 5.68. The summed E-state index contributed by atoms with van der Waals surface area (Å²) in [6.45, 7) is 5.16. The lowest BCUT2D eigenvalue weighted by atomic mass is 9.91. The molecule has 0 aliphatic carbocycles. The fourth-order valence-electron chi connectivity index (χ4n) is 3.22. The van der Waals surface area contributed by atoms with Crippen molar-refractivity contribution in [2.75, 3.05) is 18.0 Å². The molecule has 1 aliphatic rings. The Kier molecular flexibility index (Phi) is 3.54. The molecule has 0 bridgehead atoms. The molecular weight excluding hydrogens is 294 g/mol. The second-order valence-electron chi connectivity index (χ2n) is 5.73. The molecule has 4 rings (SSSR count). The third-order valence-corrected chi connectivity index (χ3v) is 5.30. The zero-order chi connectivity index (χ0) is 14.9. The SMILES string of the molecule is CCn1cc(C2CCN(c3ncnc4sccc34)CC2)cn1. The Labute approximate surface area is 133 Å². The van der Waals surface area contributed by atoms with Crippen LogP contribution in [-0.4, -0.2) is 32.8 Å². The maximum absolute atomic E-state index is 4.52. The number of piperidine rings is 1. The van der Waals surface area contributed by atoms with Crippen LogP contribution in [0.3, 0.4) is 0 Å². The average Bonchev–Trinajstić information content (AvgIpc) is 3.23. The average molecular weight is 313 g/mol. The standard InChI is InChI=1S/C16H19N5S/c1-2-21-10-13(9-19-21)12-3-6-20(7-4-12)15-14-5-8-22-16(14)18-11-17-15/h5,8-12H,2-4,6-7H2,1H3. The lowest BCUT2D eigenvalue weighted by Crippen LogP contribution is -2.33. The summed E-state index contributed by atoms with van der Waals surface area (Å²) in [6.07, 6.45) is 8.23. The lowest BCUT2D eigenvalue weighted by Gasteiger charge is -2.32. The maximum atomic E-state index is 4.52. The van der Waals surface area contributed by atoms with E-state index >= 15 is 0 Å². The maximum Gasteiger partial charge on any atom is 0.140 e. The van der Waals surface area contributed by atoms with Crippen LogP contribution in [0.25, 0.3) is 10.2 Å². The molecule has 1 aliphatic heterocycles. The van der Waals surface area contributed by atoms with Crippen molar-refractivity contribution in [1.29, 1.82) is 0 Å². The lowest BCUT2D eigenvalue weighted by molar-refractivity contribution is 0.503. The van der Waals surface area contributed by atoms with Gasteiger partial charge >= 0.3 is 0 Å². The van der Waals surface area contributed by atoms with E-state index in [9.17, 15) is 0 Å². The molecular formula is C16H19N5S. The molecule has 5 nitrogen and oxygen atoms in total. The topological polar surface area (TPSA) is 46.8 Å². The molecule has 3 aromatic rings. The number of hydrogen-bond donors (Lipinski definition) is 0. The van der Waals surface area contributed by atoms with Crippen molar-refractivity contribution < 1.29 is 0 Å². The van der Waals surface area contributed by atoms with Crippen LogP contribution in [0.5, 0.6) is 0 Å². The first kappa shape index (κ1) is 13.7. The Balaban J connectivity index is 1.51. The van der Waals surface area contributed by atoms with E-state index in [0.717, 1.165) is 43.1 Å². The van der Waals surface area contributed by atoms with Crippen LogP contribution in [-0.2, 0) is 6.54 Å². The minimum atomic E-state index is 0.622. The van der Waals surface area contributed by atoms with E-state index in [1.165, 1.54) is 10.9 Å². The summed E-state index contributed by atoms with van der Waals surface area (Å²) in [6, 6.07) is 2.13. The first-order valence-corrected chi connectivity index (χ1v) is 8.68. The van der Waals surface area contributed by atoms with Gasteiger partial charge in [0.05, 0.1) is 11.6 Å². The number of aryl methyl sites for hydroxylation is 1. The van der Waals surface area contributed by atoms with Gasteiger partial charge in [-0.05, 0) is 42.7 Å². The number of fused-ring (bicyclic) bond motifs is 1. The zero-order valence-electron chi connectivity index (χ0n) is 12.6. The van der Waals surface area contributed by atoms with Gasteiger partial charge in [0.25, 0.3) is 0 Å². The third kappa shape index (κ3) is 2.37. The van der Waals surface area contributed by atoms with Crippen molar-refractivity contribution in [3.05, 3.63) is 35.7 Å². The van der Waals surface area contributed by atoms with Crippen LogP contribution in [0, 0.1) is 0 Å². The molecule has 1 saturated heterocycles. The summed E-state index contributed by atoms with van der Waals surface area (Å²) in [4.78, 5) is 12.3. The largest absolute Gasteiger partial charge is 0.356 e. The minimum absolute atomic E-state index is 0.622. The van der Waals surface area contributed by atoms with E-state index in [0.29, 0.717) is 5.92 Å². The highest BCUT2D eigenvalue weighted by atomic mass is 32.1. The Bertz CT molecular complexity index is 770. The van der Waals surface area contributed by atoms with Crippen molar-refractivity contribution >= 4 is 27.4 Å². The molecule has 0 radical (unpaired) electrons. The Morgan fingerprint density at radius 2 is 2.14 bits per heavy atom. The molecule has 22 heavy (non-hydrogen) atoms. The molecule has 0 aromatic carbocycles. The molecule has 3 aromatic heterocycles. The Hall–Kier alpha value is -1.95. The molecule has 0 spiro atoms. The molecule has 114 valence electrons. The summed E-state index contributed by atoms with van der Waals surface area (Å²) in [7, 11) is 0. The highest BCUT2D eigenvalue weighted by molar-refractivity contribution is 7.16. The van der Waals surface area contributed by atoms with E-state index in [4.69, 9.17) is 0 Å². The quantitative estimate of drug-likeness (QED) is 0.744. The summed E-state index contributed by atoms with van der Waals surface area (Å²) in [5, 5.41) is 7.68. The summed E-state index contributed by atoms with van der Waals surface area (Å²) in [5.41, 5.74) is 1.38. The fourth-order valence-corrected chi connectivity index (χ4v) is 3.94.